The Kier molecular flexibility index (Phi) is 7.85. The van der Waals surface area contributed by atoms with Crippen molar-refractivity contribution in [2.75, 3.05) is 0 Å². The van der Waals surface area contributed by atoms with Crippen molar-refractivity contribution >= 4 is 104 Å². The molecule has 294 valence electrons. The minimum atomic E-state index is 0.776. The van der Waals surface area contributed by atoms with Crippen molar-refractivity contribution in [3.8, 4) is 16.8 Å². The maximum absolute atomic E-state index is 4.49. The monoisotopic (exact) mass is 800 g/mol. The van der Waals surface area contributed by atoms with Crippen LogP contribution in [0, 0.1) is 0 Å². The van der Waals surface area contributed by atoms with Crippen LogP contribution in [-0.2, 0) is 0 Å². The van der Waals surface area contributed by atoms with Gasteiger partial charge in [0.2, 0.25) is 0 Å². The highest BCUT2D eigenvalue weighted by atomic mass is 15.0. The van der Waals surface area contributed by atoms with Gasteiger partial charge in [0.15, 0.2) is 0 Å². The third-order valence-electron chi connectivity index (χ3n) is 13.5. The van der Waals surface area contributed by atoms with Crippen LogP contribution < -0.4 is 0 Å². The Morgan fingerprint density at radius 3 is 1.65 bits per heavy atom. The molecule has 2 heteroatoms. The van der Waals surface area contributed by atoms with Crippen molar-refractivity contribution in [1.29, 1.82) is 0 Å². The molecule has 2 aromatic heterocycles. The number of benzene rings is 10. The quantitative estimate of drug-likeness (QED) is 0.158. The van der Waals surface area contributed by atoms with Gasteiger partial charge in [-0.3, -0.25) is 0 Å². The van der Waals surface area contributed by atoms with E-state index in [-0.39, 0.29) is 0 Å². The highest BCUT2D eigenvalue weighted by Crippen LogP contribution is 2.42. The first-order chi connectivity index (χ1) is 31.2. The van der Waals surface area contributed by atoms with Gasteiger partial charge in [-0.2, -0.15) is 0 Å². The fourth-order valence-electron chi connectivity index (χ4n) is 10.5. The Labute approximate surface area is 364 Å². The van der Waals surface area contributed by atoms with Gasteiger partial charge in [-0.25, -0.2) is 0 Å². The molecule has 0 unspecified atom stereocenters. The summed E-state index contributed by atoms with van der Waals surface area (Å²) in [6, 6.07) is 69.6. The molecule has 0 aliphatic heterocycles. The molecule has 0 amide bonds. The fourth-order valence-corrected chi connectivity index (χ4v) is 10.5. The van der Waals surface area contributed by atoms with E-state index >= 15 is 0 Å². The Balaban J connectivity index is 1.01. The van der Waals surface area contributed by atoms with Gasteiger partial charge in [-0.05, 0) is 114 Å². The molecule has 0 saturated heterocycles. The molecule has 2 heterocycles. The van der Waals surface area contributed by atoms with E-state index in [2.05, 4.69) is 234 Å². The maximum atomic E-state index is 4.49. The molecule has 0 atom stereocenters. The molecule has 0 saturated carbocycles. The molecule has 2 nitrogen and oxygen atoms in total. The number of hydrogen-bond acceptors (Lipinski definition) is 0. The predicted molar refractivity (Wildman–Crippen MR) is 272 cm³/mol. The van der Waals surface area contributed by atoms with Crippen molar-refractivity contribution < 1.29 is 0 Å². The highest BCUT2D eigenvalue weighted by Gasteiger charge is 2.20. The summed E-state index contributed by atoms with van der Waals surface area (Å²) in [6.07, 6.45) is 11.8. The van der Waals surface area contributed by atoms with Gasteiger partial charge in [0.25, 0.3) is 0 Å². The standard InChI is InChI=1S/C61H40N2/c1-39-15-3-2-4-18-44(37-53-45(39)31-27-40-16-5-7-19-46(40)53)62-57-25-13-11-23-51(57)55-35-42(29-33-59(55)62)43-30-34-60-56(36-43)52-24-12-14-26-58(52)63(60)61-38-54-47-20-8-6-17-41(47)28-32-49(54)48-21-9-10-22-50(48)61/h2-17,19-38H,1,18H2/b4-2-,15-3-,44-37+. The topological polar surface area (TPSA) is 9.86 Å². The van der Waals surface area contributed by atoms with E-state index in [1.54, 1.807) is 0 Å². The van der Waals surface area contributed by atoms with Gasteiger partial charge in [0.1, 0.15) is 0 Å². The van der Waals surface area contributed by atoms with Gasteiger partial charge in [0.05, 0.1) is 27.8 Å². The number of fused-ring (bicyclic) bond motifs is 14. The van der Waals surface area contributed by atoms with Crippen LogP contribution >= 0.6 is 0 Å². The van der Waals surface area contributed by atoms with E-state index in [9.17, 15) is 0 Å². The number of para-hydroxylation sites is 2. The van der Waals surface area contributed by atoms with Crippen LogP contribution in [0.3, 0.4) is 0 Å². The lowest BCUT2D eigenvalue weighted by atomic mass is 9.93. The van der Waals surface area contributed by atoms with Gasteiger partial charge >= 0.3 is 0 Å². The van der Waals surface area contributed by atoms with Crippen LogP contribution in [-0.4, -0.2) is 9.13 Å². The second-order valence-electron chi connectivity index (χ2n) is 16.9. The molecular formula is C61H40N2. The Hall–Kier alpha value is -8.20. The summed E-state index contributed by atoms with van der Waals surface area (Å²) < 4.78 is 4.97. The van der Waals surface area contributed by atoms with E-state index in [1.807, 2.05) is 0 Å². The van der Waals surface area contributed by atoms with Crippen molar-refractivity contribution in [1.82, 2.24) is 9.13 Å². The summed E-state index contributed by atoms with van der Waals surface area (Å²) in [4.78, 5) is 0. The second-order valence-corrected chi connectivity index (χ2v) is 16.9. The SMILES string of the molecule is C=C1/C=C\C=C/C/C(n2c3ccccc3c3cc(-c4ccc5c(c4)c4ccccc4n5-c4cc5c6ccccc6ccc5c5ccccc45)ccc32)=C\c2c1ccc1ccccc21. The van der Waals surface area contributed by atoms with Crippen LogP contribution in [0.2, 0.25) is 0 Å². The Morgan fingerprint density at radius 1 is 0.381 bits per heavy atom. The summed E-state index contributed by atoms with van der Waals surface area (Å²) in [5, 5.41) is 15.0. The van der Waals surface area contributed by atoms with E-state index in [4.69, 9.17) is 0 Å². The summed E-state index contributed by atoms with van der Waals surface area (Å²) in [5.41, 5.74) is 13.0. The average Bonchev–Trinajstić information content (AvgIpc) is 3.85. The molecule has 1 aliphatic carbocycles. The first-order valence-corrected chi connectivity index (χ1v) is 21.8. The molecule has 12 aromatic rings. The Bertz CT molecular complexity index is 4010. The molecule has 0 bridgehead atoms. The van der Waals surface area contributed by atoms with Crippen molar-refractivity contribution in [2.24, 2.45) is 0 Å². The lowest BCUT2D eigenvalue weighted by Gasteiger charge is -2.16. The number of rotatable bonds is 3. The largest absolute Gasteiger partial charge is 0.313 e. The molecule has 1 aliphatic rings. The minimum absolute atomic E-state index is 0.776. The van der Waals surface area contributed by atoms with Crippen LogP contribution in [0.15, 0.2) is 219 Å². The predicted octanol–water partition coefficient (Wildman–Crippen LogP) is 16.7. The first-order valence-electron chi connectivity index (χ1n) is 21.8. The number of nitrogens with zero attached hydrogens (tertiary/aromatic N) is 2. The average molecular weight is 801 g/mol. The zero-order valence-corrected chi connectivity index (χ0v) is 34.6. The summed E-state index contributed by atoms with van der Waals surface area (Å²) in [5.74, 6) is 0. The molecule has 0 N–H and O–H groups in total. The van der Waals surface area contributed by atoms with Gasteiger partial charge in [-0.1, -0.05) is 176 Å². The molecule has 0 fully saturated rings. The number of hydrogen-bond donors (Lipinski definition) is 0. The number of allylic oxidation sites excluding steroid dienone is 6. The summed E-state index contributed by atoms with van der Waals surface area (Å²) in [7, 11) is 0. The van der Waals surface area contributed by atoms with E-state index in [0.29, 0.717) is 0 Å². The van der Waals surface area contributed by atoms with E-state index in [1.165, 1.54) is 115 Å². The second kappa shape index (κ2) is 13.9. The fraction of sp³-hybridized carbons (Fsp3) is 0.0164. The molecule has 0 spiro atoms. The van der Waals surface area contributed by atoms with Gasteiger partial charge in [0, 0.05) is 39.0 Å². The summed E-state index contributed by atoms with van der Waals surface area (Å²) >= 11 is 0. The lowest BCUT2D eigenvalue weighted by Crippen LogP contribution is -1.98. The van der Waals surface area contributed by atoms with Crippen LogP contribution in [0.5, 0.6) is 0 Å². The Morgan fingerprint density at radius 2 is 0.921 bits per heavy atom. The first kappa shape index (κ1) is 35.5. The lowest BCUT2D eigenvalue weighted by molar-refractivity contribution is 1.15. The van der Waals surface area contributed by atoms with Gasteiger partial charge in [-0.15, -0.1) is 0 Å². The third-order valence-corrected chi connectivity index (χ3v) is 13.5. The minimum Gasteiger partial charge on any atom is -0.313 e. The molecule has 10 aromatic carbocycles. The molecule has 63 heavy (non-hydrogen) atoms. The van der Waals surface area contributed by atoms with Crippen LogP contribution in [0.4, 0.5) is 0 Å². The molecule has 0 radical (unpaired) electrons. The molecular weight excluding hydrogens is 761 g/mol. The van der Waals surface area contributed by atoms with Crippen LogP contribution in [0.1, 0.15) is 17.5 Å². The van der Waals surface area contributed by atoms with Crippen LogP contribution in [0.25, 0.3) is 121 Å². The van der Waals surface area contributed by atoms with Gasteiger partial charge < -0.3 is 9.13 Å². The van der Waals surface area contributed by atoms with E-state index < -0.39 is 0 Å². The number of aromatic nitrogens is 2. The third kappa shape index (κ3) is 5.45. The highest BCUT2D eigenvalue weighted by molar-refractivity contribution is 6.21. The smallest absolute Gasteiger partial charge is 0.0547 e. The van der Waals surface area contributed by atoms with Crippen molar-refractivity contribution in [3.63, 3.8) is 0 Å². The summed E-state index contributed by atoms with van der Waals surface area (Å²) in [6.45, 7) is 4.49. The maximum Gasteiger partial charge on any atom is 0.0547 e. The normalized spacial score (nSPS) is 15.2. The zero-order chi connectivity index (χ0) is 41.6. The van der Waals surface area contributed by atoms with Crippen molar-refractivity contribution in [2.45, 2.75) is 6.42 Å². The van der Waals surface area contributed by atoms with E-state index in [0.717, 1.165) is 17.6 Å². The molecule has 13 rings (SSSR count). The van der Waals surface area contributed by atoms with Crippen molar-refractivity contribution in [3.05, 3.63) is 230 Å². The zero-order valence-electron chi connectivity index (χ0n) is 34.6.